The normalized spacial score (nSPS) is 25.6. The number of sulfone groups is 1. The molecule has 4 unspecified atom stereocenters. The van der Waals surface area contributed by atoms with E-state index in [0.717, 1.165) is 11.6 Å². The average molecular weight is 691 g/mol. The highest BCUT2D eigenvalue weighted by Gasteiger charge is 2.60. The minimum Gasteiger partial charge on any atom is -0.466 e. The van der Waals surface area contributed by atoms with Crippen LogP contribution >= 0.6 is 11.6 Å². The van der Waals surface area contributed by atoms with E-state index < -0.39 is 67.9 Å². The van der Waals surface area contributed by atoms with Gasteiger partial charge in [0.05, 0.1) is 40.0 Å². The summed E-state index contributed by atoms with van der Waals surface area (Å²) < 4.78 is 74.2. The molecule has 5 atom stereocenters. The van der Waals surface area contributed by atoms with Gasteiger partial charge in [0.25, 0.3) is 5.91 Å². The first-order chi connectivity index (χ1) is 22.3. The molecule has 3 aromatic carbocycles. The second-order valence-corrected chi connectivity index (χ2v) is 14.6. The predicted octanol–water partition coefficient (Wildman–Crippen LogP) is 5.58. The van der Waals surface area contributed by atoms with E-state index in [1.54, 1.807) is 0 Å². The number of amides is 1. The Morgan fingerprint density at radius 3 is 2.30 bits per heavy atom. The van der Waals surface area contributed by atoms with Crippen LogP contribution in [0.15, 0.2) is 77.4 Å². The molecular formula is C33H30ClF3N2O7S. The number of esters is 1. The molecule has 1 aliphatic heterocycles. The Labute approximate surface area is 273 Å². The zero-order chi connectivity index (χ0) is 33.7. The molecule has 0 radical (unpaired) electrons. The van der Waals surface area contributed by atoms with Crippen LogP contribution < -0.4 is 5.32 Å². The molecule has 0 spiro atoms. The second kappa shape index (κ2) is 12.6. The first-order valence-electron chi connectivity index (χ1n) is 14.8. The number of rotatable bonds is 8. The number of carbonyl (C=O) groups is 2. The summed E-state index contributed by atoms with van der Waals surface area (Å²) in [5, 5.41) is 14.9. The van der Waals surface area contributed by atoms with Crippen molar-refractivity contribution in [3.05, 3.63) is 106 Å². The number of carbonyl (C=O) groups excluding carboxylic acids is 2. The van der Waals surface area contributed by atoms with Crippen molar-refractivity contribution in [1.29, 1.82) is 0 Å². The zero-order valence-electron chi connectivity index (χ0n) is 25.0. The number of nitrogens with zero attached hydrogens (tertiary/aromatic N) is 1. The Morgan fingerprint density at radius 1 is 1.04 bits per heavy atom. The van der Waals surface area contributed by atoms with Crippen LogP contribution in [0, 0.1) is 29.3 Å². The van der Waals surface area contributed by atoms with Crippen LogP contribution in [0.2, 0.25) is 5.02 Å². The minimum atomic E-state index is -4.19. The zero-order valence-corrected chi connectivity index (χ0v) is 26.5. The maximum absolute atomic E-state index is 14.2. The van der Waals surface area contributed by atoms with Crippen LogP contribution in [0.25, 0.3) is 0 Å². The fourth-order valence-electron chi connectivity index (χ4n) is 7.27. The Balaban J connectivity index is 1.26. The van der Waals surface area contributed by atoms with Gasteiger partial charge in [-0.15, -0.1) is 5.06 Å². The summed E-state index contributed by atoms with van der Waals surface area (Å²) in [4.78, 5) is 31.2. The molecule has 3 aromatic rings. The molecule has 14 heteroatoms. The molecule has 248 valence electrons. The van der Waals surface area contributed by atoms with Crippen molar-refractivity contribution in [3.63, 3.8) is 0 Å². The number of hydrogen-bond acceptors (Lipinski definition) is 8. The van der Waals surface area contributed by atoms with Crippen molar-refractivity contribution in [2.24, 2.45) is 11.8 Å². The van der Waals surface area contributed by atoms with Crippen molar-refractivity contribution >= 4 is 39.0 Å². The second-order valence-electron chi connectivity index (χ2n) is 12.1. The molecule has 3 aliphatic rings. The SMILES string of the molecule is COC(=O)C1=CON(Cc2ccccc2)C1C1(O)CC2CC[C@@H](C1)C2S(=O)(=O)c1cc(C(=O)Nc2cc(F)c(F)c(F)c2)ccc1Cl. The van der Waals surface area contributed by atoms with Crippen LogP contribution in [0.4, 0.5) is 18.9 Å². The predicted molar refractivity (Wildman–Crippen MR) is 164 cm³/mol. The monoisotopic (exact) mass is 690 g/mol. The lowest BCUT2D eigenvalue weighted by molar-refractivity contribution is -0.180. The number of aliphatic hydroxyl groups is 1. The molecular weight excluding hydrogens is 661 g/mol. The number of nitrogens with one attached hydrogen (secondary N) is 1. The van der Waals surface area contributed by atoms with E-state index in [4.69, 9.17) is 21.2 Å². The average Bonchev–Trinajstić information content (AvgIpc) is 3.59. The summed E-state index contributed by atoms with van der Waals surface area (Å²) in [6, 6.07) is 13.2. The first-order valence-corrected chi connectivity index (χ1v) is 16.7. The third-order valence-electron chi connectivity index (χ3n) is 9.18. The molecule has 0 aromatic heterocycles. The Hall–Kier alpha value is -3.91. The van der Waals surface area contributed by atoms with Gasteiger partial charge in [-0.2, -0.15) is 0 Å². The molecule has 6 rings (SSSR count). The van der Waals surface area contributed by atoms with Gasteiger partial charge in [-0.1, -0.05) is 41.9 Å². The number of benzene rings is 3. The lowest BCUT2D eigenvalue weighted by atomic mass is 9.71. The molecule has 0 saturated heterocycles. The Bertz CT molecular complexity index is 1840. The van der Waals surface area contributed by atoms with E-state index in [0.29, 0.717) is 25.0 Å². The Morgan fingerprint density at radius 2 is 1.68 bits per heavy atom. The van der Waals surface area contributed by atoms with Gasteiger partial charge in [0.2, 0.25) is 0 Å². The molecule has 2 N–H and O–H groups in total. The van der Waals surface area contributed by atoms with Crippen LogP contribution in [-0.2, 0) is 30.8 Å². The quantitative estimate of drug-likeness (QED) is 0.232. The summed E-state index contributed by atoms with van der Waals surface area (Å²) in [6.07, 6.45) is 2.29. The van der Waals surface area contributed by atoms with Crippen LogP contribution in [0.1, 0.15) is 41.6 Å². The van der Waals surface area contributed by atoms with Gasteiger partial charge in [-0.05, 0) is 61.3 Å². The third-order valence-corrected chi connectivity index (χ3v) is 12.1. The van der Waals surface area contributed by atoms with Crippen LogP contribution in [0.3, 0.4) is 0 Å². The van der Waals surface area contributed by atoms with Crippen molar-refractivity contribution in [2.75, 3.05) is 12.4 Å². The summed E-state index contributed by atoms with van der Waals surface area (Å²) in [5.74, 6) is -7.33. The summed E-state index contributed by atoms with van der Waals surface area (Å²) >= 11 is 6.38. The molecule has 9 nitrogen and oxygen atoms in total. The van der Waals surface area contributed by atoms with E-state index in [1.807, 2.05) is 30.3 Å². The molecule has 1 heterocycles. The minimum absolute atomic E-state index is 0.0283. The molecule has 2 fully saturated rings. The summed E-state index contributed by atoms with van der Waals surface area (Å²) in [7, 11) is -2.96. The van der Waals surface area contributed by atoms with E-state index >= 15 is 0 Å². The van der Waals surface area contributed by atoms with E-state index in [9.17, 15) is 36.3 Å². The van der Waals surface area contributed by atoms with Crippen LogP contribution in [0.5, 0.6) is 0 Å². The molecule has 1 amide bonds. The van der Waals surface area contributed by atoms with Gasteiger partial charge in [0.15, 0.2) is 27.3 Å². The highest BCUT2D eigenvalue weighted by Crippen LogP contribution is 2.54. The van der Waals surface area contributed by atoms with Crippen molar-refractivity contribution in [2.45, 2.75) is 54.0 Å². The molecule has 2 aliphatic carbocycles. The molecule has 2 saturated carbocycles. The van der Waals surface area contributed by atoms with Gasteiger partial charge in [-0.25, -0.2) is 26.4 Å². The van der Waals surface area contributed by atoms with E-state index in [-0.39, 0.29) is 46.1 Å². The highest BCUT2D eigenvalue weighted by molar-refractivity contribution is 7.92. The van der Waals surface area contributed by atoms with E-state index in [1.165, 1.54) is 30.6 Å². The maximum atomic E-state index is 14.2. The summed E-state index contributed by atoms with van der Waals surface area (Å²) in [6.45, 7) is 0.240. The topological polar surface area (TPSA) is 122 Å². The van der Waals surface area contributed by atoms with Gasteiger partial charge in [0.1, 0.15) is 12.3 Å². The number of hydroxylamine groups is 2. The fraction of sp³-hybridized carbons (Fsp3) is 0.333. The van der Waals surface area contributed by atoms with Crippen LogP contribution in [-0.4, -0.2) is 54.5 Å². The van der Waals surface area contributed by atoms with E-state index in [2.05, 4.69) is 5.32 Å². The lowest BCUT2D eigenvalue weighted by Gasteiger charge is -2.46. The number of halogens is 4. The highest BCUT2D eigenvalue weighted by atomic mass is 35.5. The molecule has 47 heavy (non-hydrogen) atoms. The van der Waals surface area contributed by atoms with Gasteiger partial charge < -0.3 is 20.0 Å². The number of ether oxygens (including phenoxy) is 1. The van der Waals surface area contributed by atoms with Gasteiger partial charge in [-0.3, -0.25) is 4.79 Å². The smallest absolute Gasteiger partial charge is 0.338 e. The number of hydrogen-bond donors (Lipinski definition) is 2. The largest absolute Gasteiger partial charge is 0.466 e. The maximum Gasteiger partial charge on any atom is 0.338 e. The third kappa shape index (κ3) is 6.13. The van der Waals surface area contributed by atoms with Gasteiger partial charge in [0, 0.05) is 23.4 Å². The fourth-order valence-corrected chi connectivity index (χ4v) is 10.1. The number of anilines is 1. The standard InChI is InChI=1S/C33H30ClF3N2O7S/c1-45-32(41)23-17-46-39(16-18-5-3-2-4-6-18)30(23)33(42)14-20-7-8-21(15-33)29(20)47(43,44)27-11-19(9-10-24(27)34)31(40)38-22-12-25(35)28(37)26(36)13-22/h2-6,9-13,17,20-21,29-30,42H,7-8,14-16H2,1H3,(H,38,40)/t20-,21?,29?,30?,33?/m0/s1. The van der Waals surface area contributed by atoms with Crippen molar-refractivity contribution in [3.8, 4) is 0 Å². The number of methoxy groups -OCH3 is 1. The summed E-state index contributed by atoms with van der Waals surface area (Å²) in [5.41, 5.74) is -1.09. The van der Waals surface area contributed by atoms with Gasteiger partial charge >= 0.3 is 5.97 Å². The van der Waals surface area contributed by atoms with Crippen molar-refractivity contribution < 1.29 is 45.9 Å². The lowest BCUT2D eigenvalue weighted by Crippen LogP contribution is -2.57. The number of fused-ring (bicyclic) bond motifs is 2. The molecule has 2 bridgehead atoms. The van der Waals surface area contributed by atoms with Crippen molar-refractivity contribution in [1.82, 2.24) is 5.06 Å². The first kappa shape index (κ1) is 33.0. The Kier molecular flexibility index (Phi) is 8.85.